The molecule has 156 valence electrons. The normalized spacial score (nSPS) is 11.9. The number of nitrogens with zero attached hydrogens (tertiary/aromatic N) is 2. The molecule has 0 amide bonds. The Morgan fingerprint density at radius 2 is 2.03 bits per heavy atom. The monoisotopic (exact) mass is 436 g/mol. The number of aryl methyl sites for hydroxylation is 1. The van der Waals surface area contributed by atoms with Crippen LogP contribution >= 0.6 is 23.2 Å². The first-order chi connectivity index (χ1) is 13.5. The molecule has 0 aliphatic carbocycles. The van der Waals surface area contributed by atoms with Gasteiger partial charge in [0.15, 0.2) is 17.2 Å². The second-order valence-corrected chi connectivity index (χ2v) is 7.48. The molecular weight excluding hydrogens is 411 g/mol. The number of halogens is 2. The average Bonchev–Trinajstić information content (AvgIpc) is 3.03. The molecule has 0 radical (unpaired) electrons. The van der Waals surface area contributed by atoms with Crippen LogP contribution < -0.4 is 4.74 Å². The summed E-state index contributed by atoms with van der Waals surface area (Å²) in [5, 5.41) is 10.3. The van der Waals surface area contributed by atoms with Crippen LogP contribution in [0.4, 0.5) is 0 Å². The van der Waals surface area contributed by atoms with E-state index in [4.69, 9.17) is 27.9 Å². The number of aliphatic hydroxyl groups is 1. The van der Waals surface area contributed by atoms with Crippen LogP contribution in [0.5, 0.6) is 5.75 Å². The van der Waals surface area contributed by atoms with Crippen molar-refractivity contribution in [1.82, 2.24) is 9.38 Å². The first kappa shape index (κ1) is 23.2. The van der Waals surface area contributed by atoms with Crippen LogP contribution in [0, 0.1) is 12.8 Å². The van der Waals surface area contributed by atoms with E-state index in [0.29, 0.717) is 32.8 Å². The highest BCUT2D eigenvalue weighted by atomic mass is 35.5. The molecule has 5 nitrogen and oxygen atoms in total. The molecule has 2 heterocycles. The van der Waals surface area contributed by atoms with Crippen molar-refractivity contribution < 1.29 is 14.6 Å². The lowest BCUT2D eigenvalue weighted by molar-refractivity contribution is 0.0927. The number of fused-ring (bicyclic) bond motifs is 1. The molecule has 0 aliphatic heterocycles. The molecule has 3 rings (SSSR count). The van der Waals surface area contributed by atoms with Crippen molar-refractivity contribution in [1.29, 1.82) is 0 Å². The fraction of sp³-hybridized carbons (Fsp3) is 0.364. The van der Waals surface area contributed by atoms with E-state index < -0.39 is 0 Å². The van der Waals surface area contributed by atoms with Gasteiger partial charge in [-0.05, 0) is 31.0 Å². The third-order valence-electron chi connectivity index (χ3n) is 4.78. The van der Waals surface area contributed by atoms with Gasteiger partial charge in [-0.1, -0.05) is 56.1 Å². The molecule has 0 saturated carbocycles. The molecule has 29 heavy (non-hydrogen) atoms. The lowest BCUT2D eigenvalue weighted by Crippen LogP contribution is -2.14. The number of imidazole rings is 1. The highest BCUT2D eigenvalue weighted by Crippen LogP contribution is 2.28. The minimum Gasteiger partial charge on any atom is -0.485 e. The Morgan fingerprint density at radius 1 is 1.28 bits per heavy atom. The second kappa shape index (κ2) is 10.1. The van der Waals surface area contributed by atoms with Gasteiger partial charge in [0.2, 0.25) is 0 Å². The van der Waals surface area contributed by atoms with Crippen LogP contribution in [0.3, 0.4) is 0 Å². The molecule has 7 heteroatoms. The Morgan fingerprint density at radius 3 is 2.72 bits per heavy atom. The summed E-state index contributed by atoms with van der Waals surface area (Å²) in [5.74, 6) is 0.456. The molecule has 3 aromatic rings. The van der Waals surface area contributed by atoms with Gasteiger partial charge in [-0.2, -0.15) is 0 Å². The molecule has 0 unspecified atom stereocenters. The molecule has 2 aromatic heterocycles. The number of rotatable bonds is 8. The van der Waals surface area contributed by atoms with E-state index >= 15 is 0 Å². The van der Waals surface area contributed by atoms with Crippen molar-refractivity contribution in [2.24, 2.45) is 5.92 Å². The summed E-state index contributed by atoms with van der Waals surface area (Å²) in [6, 6.07) is 9.00. The van der Waals surface area contributed by atoms with E-state index in [1.807, 2.05) is 25.1 Å². The molecule has 1 N–H and O–H groups in total. The van der Waals surface area contributed by atoms with Gasteiger partial charge in [-0.3, -0.25) is 9.20 Å². The van der Waals surface area contributed by atoms with Gasteiger partial charge in [0, 0.05) is 24.8 Å². The fourth-order valence-electron chi connectivity index (χ4n) is 3.12. The number of hydrogen-bond acceptors (Lipinski definition) is 4. The zero-order valence-electron chi connectivity index (χ0n) is 15.8. The van der Waals surface area contributed by atoms with E-state index in [-0.39, 0.29) is 38.8 Å². The zero-order valence-corrected chi connectivity index (χ0v) is 17.3. The van der Waals surface area contributed by atoms with Crippen molar-refractivity contribution >= 4 is 34.6 Å². The summed E-state index contributed by atoms with van der Waals surface area (Å²) in [5.41, 5.74) is 2.49. The zero-order chi connectivity index (χ0) is 20.3. The number of benzene rings is 1. The number of pyridine rings is 1. The molecule has 0 aliphatic rings. The summed E-state index contributed by atoms with van der Waals surface area (Å²) in [7, 11) is 0. The number of ether oxygens (including phenoxy) is 1. The smallest absolute Gasteiger partial charge is 0.181 e. The molecule has 0 bridgehead atoms. The highest BCUT2D eigenvalue weighted by Gasteiger charge is 2.21. The summed E-state index contributed by atoms with van der Waals surface area (Å²) in [6.07, 6.45) is 2.82. The number of hydrogen-bond donors (Lipinski definition) is 1. The summed E-state index contributed by atoms with van der Waals surface area (Å²) < 4.78 is 7.68. The Hall–Kier alpha value is -2.08. The summed E-state index contributed by atoms with van der Waals surface area (Å²) in [6.45, 7) is 3.99. The van der Waals surface area contributed by atoms with Crippen LogP contribution in [0.15, 0.2) is 36.5 Å². The van der Waals surface area contributed by atoms with Crippen molar-refractivity contribution in [3.8, 4) is 5.75 Å². The SMILES string of the molecule is C.CC[C@H](CO)CC(=O)c1c(C)nc2c(OCc3cccc(Cl)c3Cl)cccn12. The van der Waals surface area contributed by atoms with Gasteiger partial charge in [-0.15, -0.1) is 0 Å². The maximum atomic E-state index is 12.8. The largest absolute Gasteiger partial charge is 0.485 e. The predicted molar refractivity (Wildman–Crippen MR) is 117 cm³/mol. The lowest BCUT2D eigenvalue weighted by atomic mass is 9.99. The Kier molecular flexibility index (Phi) is 8.08. The number of carbonyl (C=O) groups excluding carboxylic acids is 1. The average molecular weight is 437 g/mol. The van der Waals surface area contributed by atoms with Crippen molar-refractivity contribution in [3.05, 3.63) is 63.5 Å². The molecule has 0 spiro atoms. The van der Waals surface area contributed by atoms with Gasteiger partial charge < -0.3 is 9.84 Å². The van der Waals surface area contributed by atoms with Crippen molar-refractivity contribution in [2.45, 2.75) is 40.7 Å². The number of aliphatic hydroxyl groups excluding tert-OH is 1. The third kappa shape index (κ3) is 4.92. The first-order valence-electron chi connectivity index (χ1n) is 9.13. The Bertz CT molecular complexity index is 997. The van der Waals surface area contributed by atoms with E-state index in [1.54, 1.807) is 29.7 Å². The lowest BCUT2D eigenvalue weighted by Gasteiger charge is -2.11. The first-order valence-corrected chi connectivity index (χ1v) is 9.89. The van der Waals surface area contributed by atoms with E-state index in [1.165, 1.54) is 0 Å². The Balaban J connectivity index is 0.00000300. The van der Waals surface area contributed by atoms with Gasteiger partial charge in [-0.25, -0.2) is 4.98 Å². The maximum Gasteiger partial charge on any atom is 0.181 e. The van der Waals surface area contributed by atoms with E-state index in [2.05, 4.69) is 4.98 Å². The van der Waals surface area contributed by atoms with Crippen LogP contribution in [0.25, 0.3) is 5.65 Å². The highest BCUT2D eigenvalue weighted by molar-refractivity contribution is 6.42. The topological polar surface area (TPSA) is 63.8 Å². The standard InChI is InChI=1S/C21H22Cl2N2O3.CH4/c1-3-14(11-26)10-17(27)20-13(2)24-21-18(8-5-9-25(20)21)28-12-15-6-4-7-16(22)19(15)23;/h4-9,14,26H,3,10-12H2,1-2H3;1H4/t14-;/m0./s1. The van der Waals surface area contributed by atoms with Crippen LogP contribution in [-0.4, -0.2) is 26.9 Å². The second-order valence-electron chi connectivity index (χ2n) is 6.70. The Labute approximate surface area is 181 Å². The van der Waals surface area contributed by atoms with Gasteiger partial charge in [0.1, 0.15) is 12.3 Å². The molecule has 0 fully saturated rings. The van der Waals surface area contributed by atoms with Crippen LogP contribution in [0.2, 0.25) is 10.0 Å². The quantitative estimate of drug-likeness (QED) is 0.456. The van der Waals surface area contributed by atoms with Crippen molar-refractivity contribution in [2.75, 3.05) is 6.61 Å². The summed E-state index contributed by atoms with van der Waals surface area (Å²) in [4.78, 5) is 17.3. The van der Waals surface area contributed by atoms with Crippen LogP contribution in [-0.2, 0) is 6.61 Å². The van der Waals surface area contributed by atoms with E-state index in [9.17, 15) is 9.90 Å². The third-order valence-corrected chi connectivity index (χ3v) is 5.64. The molecule has 1 atom stereocenters. The number of aromatic nitrogens is 2. The van der Waals surface area contributed by atoms with Gasteiger partial charge in [0.05, 0.1) is 15.7 Å². The minimum atomic E-state index is -0.0538. The van der Waals surface area contributed by atoms with Crippen LogP contribution in [0.1, 0.15) is 48.9 Å². The van der Waals surface area contributed by atoms with Gasteiger partial charge in [0.25, 0.3) is 0 Å². The molecule has 0 saturated heterocycles. The van der Waals surface area contributed by atoms with Crippen molar-refractivity contribution in [3.63, 3.8) is 0 Å². The van der Waals surface area contributed by atoms with E-state index in [0.717, 1.165) is 12.0 Å². The predicted octanol–water partition coefficient (Wildman–Crippen LogP) is 5.76. The molecule has 1 aromatic carbocycles. The molecular formula is C22H26Cl2N2O3. The van der Waals surface area contributed by atoms with Gasteiger partial charge >= 0.3 is 0 Å². The maximum absolute atomic E-state index is 12.8. The number of ketones is 1. The minimum absolute atomic E-state index is 0. The number of carbonyl (C=O) groups is 1. The number of Topliss-reactive ketones (excluding diaryl/α,β-unsaturated/α-hetero) is 1. The fourth-order valence-corrected chi connectivity index (χ4v) is 3.49. The summed E-state index contributed by atoms with van der Waals surface area (Å²) >= 11 is 12.3.